The van der Waals surface area contributed by atoms with Crippen molar-refractivity contribution in [2.45, 2.75) is 38.3 Å². The molecule has 8 heteroatoms. The number of hydrogen-bond donors (Lipinski definition) is 1. The van der Waals surface area contributed by atoms with Crippen molar-refractivity contribution in [3.8, 4) is 0 Å². The molecular weight excluding hydrogens is 292 g/mol. The van der Waals surface area contributed by atoms with Gasteiger partial charge in [-0.3, -0.25) is 4.68 Å². The van der Waals surface area contributed by atoms with Crippen molar-refractivity contribution in [3.05, 3.63) is 11.4 Å². The Kier molecular flexibility index (Phi) is 5.03. The first-order valence-corrected chi connectivity index (χ1v) is 8.62. The van der Waals surface area contributed by atoms with Crippen LogP contribution in [-0.4, -0.2) is 61.9 Å². The van der Waals surface area contributed by atoms with Crippen molar-refractivity contribution in [2.24, 2.45) is 0 Å². The summed E-state index contributed by atoms with van der Waals surface area (Å²) in [6.45, 7) is 8.07. The third-order valence-electron chi connectivity index (χ3n) is 3.69. The average Bonchev–Trinajstić information content (AvgIpc) is 2.71. The maximum Gasteiger partial charge on any atom is 0.246 e. The Morgan fingerprint density at radius 3 is 2.76 bits per heavy atom. The molecule has 2 heterocycles. The minimum atomic E-state index is -3.51. The van der Waals surface area contributed by atoms with Crippen LogP contribution in [0.2, 0.25) is 0 Å². The molecule has 0 amide bonds. The highest BCUT2D eigenvalue weighted by Gasteiger charge is 2.33. The minimum absolute atomic E-state index is 0.0755. The Balaban J connectivity index is 2.33. The number of nitrogens with one attached hydrogen (secondary N) is 1. The molecule has 2 rings (SSSR count). The molecular formula is C13H24N4O3S. The molecule has 1 aromatic heterocycles. The van der Waals surface area contributed by atoms with Crippen LogP contribution in [0.15, 0.2) is 4.90 Å². The first kappa shape index (κ1) is 16.4. The van der Waals surface area contributed by atoms with E-state index in [0.29, 0.717) is 42.5 Å². The second-order valence-electron chi connectivity index (χ2n) is 5.37. The number of aromatic nitrogens is 2. The van der Waals surface area contributed by atoms with E-state index in [4.69, 9.17) is 4.74 Å². The summed E-state index contributed by atoms with van der Waals surface area (Å²) in [6.07, 6.45) is -0.0755. The fourth-order valence-electron chi connectivity index (χ4n) is 2.62. The summed E-state index contributed by atoms with van der Waals surface area (Å²) in [5.74, 6) is 0. The van der Waals surface area contributed by atoms with Crippen LogP contribution in [0.3, 0.4) is 0 Å². The Bertz CT molecular complexity index is 597. The van der Waals surface area contributed by atoms with Gasteiger partial charge in [0.05, 0.1) is 30.6 Å². The van der Waals surface area contributed by atoms with Crippen molar-refractivity contribution in [3.63, 3.8) is 0 Å². The molecule has 1 atom stereocenters. The molecule has 1 N–H and O–H groups in total. The predicted molar refractivity (Wildman–Crippen MR) is 79.8 cm³/mol. The van der Waals surface area contributed by atoms with E-state index in [0.717, 1.165) is 6.54 Å². The lowest BCUT2D eigenvalue weighted by Crippen LogP contribution is -2.44. The SMILES string of the molecule is CNCCn1nc(C)c(S(=O)(=O)N2CCOC(C)C2)c1C. The molecule has 1 saturated heterocycles. The van der Waals surface area contributed by atoms with Crippen molar-refractivity contribution in [1.29, 1.82) is 0 Å². The molecule has 0 spiro atoms. The van der Waals surface area contributed by atoms with Crippen LogP contribution in [-0.2, 0) is 21.3 Å². The molecule has 1 aliphatic heterocycles. The third kappa shape index (κ3) is 3.28. The smallest absolute Gasteiger partial charge is 0.246 e. The van der Waals surface area contributed by atoms with Crippen molar-refractivity contribution < 1.29 is 13.2 Å². The van der Waals surface area contributed by atoms with Gasteiger partial charge in [-0.2, -0.15) is 9.40 Å². The van der Waals surface area contributed by atoms with E-state index in [1.54, 1.807) is 11.6 Å². The summed E-state index contributed by atoms with van der Waals surface area (Å²) in [5, 5.41) is 7.41. The zero-order valence-electron chi connectivity index (χ0n) is 13.1. The number of sulfonamides is 1. The number of nitrogens with zero attached hydrogens (tertiary/aromatic N) is 3. The fourth-order valence-corrected chi connectivity index (χ4v) is 4.50. The van der Waals surface area contributed by atoms with Gasteiger partial charge in [0.15, 0.2) is 0 Å². The number of rotatable bonds is 5. The number of likely N-dealkylation sites (N-methyl/N-ethyl adjacent to an activating group) is 1. The minimum Gasteiger partial charge on any atom is -0.376 e. The van der Waals surface area contributed by atoms with E-state index in [1.165, 1.54) is 4.31 Å². The molecule has 0 bridgehead atoms. The summed E-state index contributed by atoms with van der Waals surface area (Å²) < 4.78 is 34.4. The van der Waals surface area contributed by atoms with E-state index in [-0.39, 0.29) is 6.10 Å². The highest BCUT2D eigenvalue weighted by molar-refractivity contribution is 7.89. The van der Waals surface area contributed by atoms with E-state index in [2.05, 4.69) is 10.4 Å². The number of aryl methyl sites for hydroxylation is 1. The van der Waals surface area contributed by atoms with Gasteiger partial charge in [0.2, 0.25) is 10.0 Å². The van der Waals surface area contributed by atoms with Crippen LogP contribution in [0.4, 0.5) is 0 Å². The van der Waals surface area contributed by atoms with Gasteiger partial charge in [-0.05, 0) is 27.8 Å². The van der Waals surface area contributed by atoms with Gasteiger partial charge in [0.25, 0.3) is 0 Å². The van der Waals surface area contributed by atoms with Crippen molar-refractivity contribution in [2.75, 3.05) is 33.3 Å². The number of hydrogen-bond acceptors (Lipinski definition) is 5. The highest BCUT2D eigenvalue weighted by Crippen LogP contribution is 2.25. The van der Waals surface area contributed by atoms with Gasteiger partial charge < -0.3 is 10.1 Å². The molecule has 0 aromatic carbocycles. The van der Waals surface area contributed by atoms with Crippen molar-refractivity contribution in [1.82, 2.24) is 19.4 Å². The third-order valence-corrected chi connectivity index (χ3v) is 5.81. The zero-order valence-corrected chi connectivity index (χ0v) is 13.9. The van der Waals surface area contributed by atoms with Gasteiger partial charge in [-0.1, -0.05) is 0 Å². The molecule has 120 valence electrons. The highest BCUT2D eigenvalue weighted by atomic mass is 32.2. The molecule has 0 aliphatic carbocycles. The molecule has 21 heavy (non-hydrogen) atoms. The van der Waals surface area contributed by atoms with Crippen LogP contribution in [0.1, 0.15) is 18.3 Å². The summed E-state index contributed by atoms with van der Waals surface area (Å²) in [5.41, 5.74) is 1.25. The maximum absolute atomic E-state index is 12.9. The van der Waals surface area contributed by atoms with Gasteiger partial charge in [0.1, 0.15) is 4.90 Å². The average molecular weight is 316 g/mol. The molecule has 1 fully saturated rings. The van der Waals surface area contributed by atoms with Crippen molar-refractivity contribution >= 4 is 10.0 Å². The summed E-state index contributed by atoms with van der Waals surface area (Å²) >= 11 is 0. The van der Waals surface area contributed by atoms with Crippen LogP contribution in [0.5, 0.6) is 0 Å². The second kappa shape index (κ2) is 6.43. The molecule has 1 unspecified atom stereocenters. The van der Waals surface area contributed by atoms with Gasteiger partial charge >= 0.3 is 0 Å². The number of ether oxygens (including phenoxy) is 1. The lowest BCUT2D eigenvalue weighted by atomic mass is 10.3. The summed E-state index contributed by atoms with van der Waals surface area (Å²) in [4.78, 5) is 0.340. The lowest BCUT2D eigenvalue weighted by molar-refractivity contribution is 0.0101. The first-order chi connectivity index (χ1) is 9.87. The topological polar surface area (TPSA) is 76.5 Å². The van der Waals surface area contributed by atoms with Crippen LogP contribution >= 0.6 is 0 Å². The van der Waals surface area contributed by atoms with E-state index in [1.807, 2.05) is 20.9 Å². The Hall–Kier alpha value is -0.960. The zero-order chi connectivity index (χ0) is 15.6. The van der Waals surface area contributed by atoms with Crippen LogP contribution < -0.4 is 5.32 Å². The van der Waals surface area contributed by atoms with Gasteiger partial charge in [-0.25, -0.2) is 8.42 Å². The molecule has 1 aliphatic rings. The Morgan fingerprint density at radius 1 is 1.43 bits per heavy atom. The van der Waals surface area contributed by atoms with E-state index < -0.39 is 10.0 Å². The van der Waals surface area contributed by atoms with Gasteiger partial charge in [0, 0.05) is 19.6 Å². The normalized spacial score (nSPS) is 20.9. The molecule has 1 aromatic rings. The second-order valence-corrected chi connectivity index (χ2v) is 7.25. The van der Waals surface area contributed by atoms with Crippen LogP contribution in [0.25, 0.3) is 0 Å². The fraction of sp³-hybridized carbons (Fsp3) is 0.769. The first-order valence-electron chi connectivity index (χ1n) is 7.18. The summed E-state index contributed by atoms with van der Waals surface area (Å²) in [7, 11) is -1.65. The largest absolute Gasteiger partial charge is 0.376 e. The maximum atomic E-state index is 12.9. The van der Waals surface area contributed by atoms with E-state index in [9.17, 15) is 8.42 Å². The summed E-state index contributed by atoms with van der Waals surface area (Å²) in [6, 6.07) is 0. The molecule has 7 nitrogen and oxygen atoms in total. The van der Waals surface area contributed by atoms with E-state index >= 15 is 0 Å². The molecule has 0 saturated carbocycles. The Labute approximate surface area is 126 Å². The van der Waals surface area contributed by atoms with Gasteiger partial charge in [-0.15, -0.1) is 0 Å². The Morgan fingerprint density at radius 2 is 2.14 bits per heavy atom. The monoisotopic (exact) mass is 316 g/mol. The van der Waals surface area contributed by atoms with Crippen LogP contribution in [0, 0.1) is 13.8 Å². The lowest BCUT2D eigenvalue weighted by Gasteiger charge is -2.30. The molecule has 0 radical (unpaired) electrons. The quantitative estimate of drug-likeness (QED) is 0.835. The predicted octanol–water partition coefficient (Wildman–Crippen LogP) is 0.129. The number of morpholine rings is 1. The standard InChI is InChI=1S/C13H24N4O3S/c1-10-9-16(7-8-20-10)21(18,19)13-11(2)15-17(12(13)3)6-5-14-4/h10,14H,5-9H2,1-4H3.